The van der Waals surface area contributed by atoms with E-state index >= 15 is 0 Å². The number of halogens is 2. The van der Waals surface area contributed by atoms with Crippen molar-refractivity contribution in [2.45, 2.75) is 52.7 Å². The summed E-state index contributed by atoms with van der Waals surface area (Å²) in [4.78, 5) is 27.4. The topological polar surface area (TPSA) is 49.4 Å². The second-order valence-electron chi connectivity index (χ2n) is 7.16. The van der Waals surface area contributed by atoms with E-state index in [2.05, 4.69) is 5.32 Å². The minimum absolute atomic E-state index is 0.0108. The van der Waals surface area contributed by atoms with Crippen LogP contribution >= 0.6 is 23.2 Å². The minimum atomic E-state index is -0.629. The molecule has 2 aromatic carbocycles. The number of nitrogens with zero attached hydrogens (tertiary/aromatic N) is 1. The summed E-state index contributed by atoms with van der Waals surface area (Å²) in [5, 5.41) is 3.76. The zero-order valence-electron chi connectivity index (χ0n) is 16.6. The fourth-order valence-corrected chi connectivity index (χ4v) is 3.44. The standard InChI is InChI=1S/C22H26Cl2N2O2/c1-14(2)25-22(28)16(4)26(13-17-9-6-5-8-15(17)3)21(27)12-18-19(23)10-7-11-20(18)24/h5-11,14,16H,12-13H2,1-4H3,(H,25,28)/t16-/m1/s1. The molecule has 0 aliphatic heterocycles. The molecule has 0 aliphatic rings. The zero-order valence-corrected chi connectivity index (χ0v) is 18.1. The van der Waals surface area contributed by atoms with Crippen molar-refractivity contribution < 1.29 is 9.59 Å². The lowest BCUT2D eigenvalue weighted by atomic mass is 10.1. The molecule has 28 heavy (non-hydrogen) atoms. The summed E-state index contributed by atoms with van der Waals surface area (Å²) >= 11 is 12.5. The van der Waals surface area contributed by atoms with E-state index in [9.17, 15) is 9.59 Å². The monoisotopic (exact) mass is 420 g/mol. The molecule has 0 aliphatic carbocycles. The van der Waals surface area contributed by atoms with Gasteiger partial charge in [-0.25, -0.2) is 0 Å². The molecule has 0 saturated heterocycles. The number of hydrogen-bond donors (Lipinski definition) is 1. The van der Waals surface area contributed by atoms with Crippen molar-refractivity contribution in [2.24, 2.45) is 0 Å². The first-order valence-electron chi connectivity index (χ1n) is 9.28. The van der Waals surface area contributed by atoms with Gasteiger partial charge in [-0.2, -0.15) is 0 Å². The van der Waals surface area contributed by atoms with Gasteiger partial charge in [-0.1, -0.05) is 53.5 Å². The van der Waals surface area contributed by atoms with Gasteiger partial charge in [-0.05, 0) is 56.5 Å². The lowest BCUT2D eigenvalue weighted by molar-refractivity contribution is -0.140. The highest BCUT2D eigenvalue weighted by molar-refractivity contribution is 6.36. The van der Waals surface area contributed by atoms with Gasteiger partial charge in [0.15, 0.2) is 0 Å². The smallest absolute Gasteiger partial charge is 0.242 e. The summed E-state index contributed by atoms with van der Waals surface area (Å²) in [6.07, 6.45) is 0.0314. The Morgan fingerprint density at radius 2 is 1.61 bits per heavy atom. The molecule has 2 aromatic rings. The van der Waals surface area contributed by atoms with Crippen molar-refractivity contribution in [3.8, 4) is 0 Å². The number of aryl methyl sites for hydroxylation is 1. The molecule has 4 nitrogen and oxygen atoms in total. The second-order valence-corrected chi connectivity index (χ2v) is 7.98. The Labute approximate surface area is 176 Å². The van der Waals surface area contributed by atoms with Crippen LogP contribution in [0, 0.1) is 6.92 Å². The van der Waals surface area contributed by atoms with Crippen molar-refractivity contribution >= 4 is 35.0 Å². The van der Waals surface area contributed by atoms with Gasteiger partial charge in [0.2, 0.25) is 11.8 Å². The molecule has 0 radical (unpaired) electrons. The SMILES string of the molecule is Cc1ccccc1CN(C(=O)Cc1c(Cl)cccc1Cl)[C@H](C)C(=O)NC(C)C. The Morgan fingerprint density at radius 3 is 2.18 bits per heavy atom. The van der Waals surface area contributed by atoms with Crippen LogP contribution in [-0.4, -0.2) is 28.8 Å². The maximum Gasteiger partial charge on any atom is 0.242 e. The van der Waals surface area contributed by atoms with Crippen molar-refractivity contribution in [1.82, 2.24) is 10.2 Å². The van der Waals surface area contributed by atoms with Gasteiger partial charge in [0.25, 0.3) is 0 Å². The lowest BCUT2D eigenvalue weighted by Crippen LogP contribution is -2.49. The van der Waals surface area contributed by atoms with Crippen LogP contribution in [-0.2, 0) is 22.6 Å². The van der Waals surface area contributed by atoms with E-state index in [4.69, 9.17) is 23.2 Å². The van der Waals surface area contributed by atoms with Gasteiger partial charge in [-0.15, -0.1) is 0 Å². The van der Waals surface area contributed by atoms with Crippen molar-refractivity contribution in [3.63, 3.8) is 0 Å². The lowest BCUT2D eigenvalue weighted by Gasteiger charge is -2.30. The van der Waals surface area contributed by atoms with Crippen LogP contribution in [0.1, 0.15) is 37.5 Å². The predicted molar refractivity (Wildman–Crippen MR) is 115 cm³/mol. The fraction of sp³-hybridized carbons (Fsp3) is 0.364. The van der Waals surface area contributed by atoms with Crippen LogP contribution in [0.5, 0.6) is 0 Å². The van der Waals surface area contributed by atoms with Crippen LogP contribution in [0.3, 0.4) is 0 Å². The number of rotatable bonds is 7. The van der Waals surface area contributed by atoms with Crippen molar-refractivity contribution in [3.05, 3.63) is 69.2 Å². The molecular formula is C22H26Cl2N2O2. The number of nitrogens with one attached hydrogen (secondary N) is 1. The molecule has 0 spiro atoms. The minimum Gasteiger partial charge on any atom is -0.352 e. The van der Waals surface area contributed by atoms with Gasteiger partial charge in [0, 0.05) is 22.6 Å². The largest absolute Gasteiger partial charge is 0.352 e. The first-order valence-corrected chi connectivity index (χ1v) is 10.0. The molecule has 0 unspecified atom stereocenters. The third-order valence-corrected chi connectivity index (χ3v) is 5.30. The van der Waals surface area contributed by atoms with Crippen LogP contribution in [0.4, 0.5) is 0 Å². The van der Waals surface area contributed by atoms with E-state index in [1.807, 2.05) is 45.0 Å². The van der Waals surface area contributed by atoms with Crippen molar-refractivity contribution in [2.75, 3.05) is 0 Å². The van der Waals surface area contributed by atoms with Crippen LogP contribution in [0.25, 0.3) is 0 Å². The van der Waals surface area contributed by atoms with Gasteiger partial charge in [-0.3, -0.25) is 9.59 Å². The first kappa shape index (κ1) is 22.3. The maximum atomic E-state index is 13.2. The third kappa shape index (κ3) is 5.73. The number of amides is 2. The Balaban J connectivity index is 2.32. The van der Waals surface area contributed by atoms with E-state index in [-0.39, 0.29) is 24.3 Å². The van der Waals surface area contributed by atoms with Crippen LogP contribution < -0.4 is 5.32 Å². The molecule has 6 heteroatoms. The Bertz CT molecular complexity index is 832. The molecule has 0 heterocycles. The fourth-order valence-electron chi connectivity index (χ4n) is 2.91. The summed E-state index contributed by atoms with van der Waals surface area (Å²) in [6.45, 7) is 7.84. The molecule has 2 amide bonds. The van der Waals surface area contributed by atoms with Gasteiger partial charge >= 0.3 is 0 Å². The summed E-state index contributed by atoms with van der Waals surface area (Å²) in [6, 6.07) is 12.3. The summed E-state index contributed by atoms with van der Waals surface area (Å²) in [5.74, 6) is -0.396. The Hall–Kier alpha value is -2.04. The highest BCUT2D eigenvalue weighted by atomic mass is 35.5. The number of benzene rings is 2. The maximum absolute atomic E-state index is 13.2. The van der Waals surface area contributed by atoms with E-state index < -0.39 is 6.04 Å². The Kier molecular flexibility index (Phi) is 7.90. The highest BCUT2D eigenvalue weighted by Gasteiger charge is 2.27. The summed E-state index contributed by atoms with van der Waals surface area (Å²) in [7, 11) is 0. The molecule has 0 bridgehead atoms. The van der Waals surface area contributed by atoms with Gasteiger partial charge < -0.3 is 10.2 Å². The third-order valence-electron chi connectivity index (χ3n) is 4.59. The number of carbonyl (C=O) groups excluding carboxylic acids is 2. The zero-order chi connectivity index (χ0) is 20.8. The molecule has 150 valence electrons. The van der Waals surface area contributed by atoms with E-state index in [1.54, 1.807) is 30.0 Å². The Morgan fingerprint density at radius 1 is 1.00 bits per heavy atom. The number of hydrogen-bond acceptors (Lipinski definition) is 2. The summed E-state index contributed by atoms with van der Waals surface area (Å²) in [5.41, 5.74) is 2.62. The van der Waals surface area contributed by atoms with Crippen molar-refractivity contribution in [1.29, 1.82) is 0 Å². The second kappa shape index (κ2) is 9.94. The van der Waals surface area contributed by atoms with Crippen LogP contribution in [0.15, 0.2) is 42.5 Å². The number of carbonyl (C=O) groups is 2. The van der Waals surface area contributed by atoms with Gasteiger partial charge in [0.1, 0.15) is 6.04 Å². The highest BCUT2D eigenvalue weighted by Crippen LogP contribution is 2.26. The average Bonchev–Trinajstić information content (AvgIpc) is 2.63. The van der Waals surface area contributed by atoms with Gasteiger partial charge in [0.05, 0.1) is 6.42 Å². The quantitative estimate of drug-likeness (QED) is 0.699. The molecule has 2 rings (SSSR count). The van der Waals surface area contributed by atoms with Crippen LogP contribution in [0.2, 0.25) is 10.0 Å². The molecule has 1 N–H and O–H groups in total. The van der Waals surface area contributed by atoms with E-state index in [1.165, 1.54) is 0 Å². The molecule has 0 saturated carbocycles. The molecule has 0 fully saturated rings. The summed E-state index contributed by atoms with van der Waals surface area (Å²) < 4.78 is 0. The molecular weight excluding hydrogens is 395 g/mol. The first-order chi connectivity index (χ1) is 13.2. The molecule has 1 atom stereocenters. The van der Waals surface area contributed by atoms with E-state index in [0.29, 0.717) is 22.2 Å². The normalized spacial score (nSPS) is 12.0. The predicted octanol–water partition coefficient (Wildman–Crippen LogP) is 4.79. The van der Waals surface area contributed by atoms with E-state index in [0.717, 1.165) is 11.1 Å². The average molecular weight is 421 g/mol. The molecule has 0 aromatic heterocycles.